The van der Waals surface area contributed by atoms with Crippen molar-refractivity contribution in [2.45, 2.75) is 38.3 Å². The zero-order chi connectivity index (χ0) is 15.2. The third-order valence-corrected chi connectivity index (χ3v) is 3.94. The van der Waals surface area contributed by atoms with Gasteiger partial charge in [-0.05, 0) is 37.0 Å². The minimum Gasteiger partial charge on any atom is -0.481 e. The van der Waals surface area contributed by atoms with Gasteiger partial charge in [0.05, 0.1) is 5.92 Å². The summed E-state index contributed by atoms with van der Waals surface area (Å²) in [5.74, 6) is -1.13. The number of carbonyl (C=O) groups is 2. The monoisotopic (exact) mass is 310 g/mol. The van der Waals surface area contributed by atoms with Gasteiger partial charge in [-0.15, -0.1) is 0 Å². The topological polar surface area (TPSA) is 78.4 Å². The van der Waals surface area contributed by atoms with E-state index in [-0.39, 0.29) is 18.0 Å². The Labute approximate surface area is 128 Å². The summed E-state index contributed by atoms with van der Waals surface area (Å²) in [6.07, 6.45) is 2.85. The van der Waals surface area contributed by atoms with Crippen LogP contribution in [0.4, 0.5) is 4.79 Å². The van der Waals surface area contributed by atoms with Gasteiger partial charge in [0.1, 0.15) is 0 Å². The lowest BCUT2D eigenvalue weighted by Gasteiger charge is -2.27. The van der Waals surface area contributed by atoms with Gasteiger partial charge in [-0.1, -0.05) is 30.2 Å². The van der Waals surface area contributed by atoms with Crippen molar-refractivity contribution in [2.24, 2.45) is 5.92 Å². The number of nitrogens with one attached hydrogen (secondary N) is 2. The summed E-state index contributed by atoms with van der Waals surface area (Å²) in [6.45, 7) is 0.390. The molecule has 1 aliphatic rings. The third kappa shape index (κ3) is 4.93. The van der Waals surface area contributed by atoms with Crippen molar-refractivity contribution in [1.82, 2.24) is 10.6 Å². The fraction of sp³-hybridized carbons (Fsp3) is 0.467. The van der Waals surface area contributed by atoms with Crippen LogP contribution in [0, 0.1) is 5.92 Å². The van der Waals surface area contributed by atoms with Crippen LogP contribution < -0.4 is 10.6 Å². The quantitative estimate of drug-likeness (QED) is 0.800. The first-order valence-corrected chi connectivity index (χ1v) is 7.44. The molecule has 2 unspecified atom stereocenters. The molecule has 0 radical (unpaired) electrons. The highest BCUT2D eigenvalue weighted by Crippen LogP contribution is 2.24. The number of amides is 2. The van der Waals surface area contributed by atoms with Gasteiger partial charge in [-0.3, -0.25) is 4.79 Å². The molecular formula is C15H19ClN2O3. The van der Waals surface area contributed by atoms with Crippen molar-refractivity contribution in [3.8, 4) is 0 Å². The summed E-state index contributed by atoms with van der Waals surface area (Å²) in [7, 11) is 0. The van der Waals surface area contributed by atoms with E-state index in [1.54, 1.807) is 12.1 Å². The highest BCUT2D eigenvalue weighted by Gasteiger charge is 2.27. The summed E-state index contributed by atoms with van der Waals surface area (Å²) in [5, 5.41) is 15.3. The number of rotatable bonds is 4. The van der Waals surface area contributed by atoms with E-state index in [1.807, 2.05) is 12.1 Å². The van der Waals surface area contributed by atoms with Crippen molar-refractivity contribution < 1.29 is 14.7 Å². The van der Waals surface area contributed by atoms with Crippen molar-refractivity contribution in [2.75, 3.05) is 0 Å². The zero-order valence-electron chi connectivity index (χ0n) is 11.6. The molecule has 5 nitrogen and oxygen atoms in total. The number of carboxylic acids is 1. The van der Waals surface area contributed by atoms with Crippen molar-refractivity contribution >= 4 is 23.6 Å². The second-order valence-corrected chi connectivity index (χ2v) is 5.79. The Morgan fingerprint density at radius 2 is 2.14 bits per heavy atom. The van der Waals surface area contributed by atoms with E-state index in [0.717, 1.165) is 18.4 Å². The number of hydrogen-bond acceptors (Lipinski definition) is 2. The molecule has 21 heavy (non-hydrogen) atoms. The van der Waals surface area contributed by atoms with Gasteiger partial charge in [-0.25, -0.2) is 4.79 Å². The molecule has 1 aliphatic carbocycles. The lowest BCUT2D eigenvalue weighted by molar-refractivity contribution is -0.143. The molecule has 1 aromatic rings. The Bertz CT molecular complexity index is 521. The van der Waals surface area contributed by atoms with Crippen LogP contribution in [-0.4, -0.2) is 23.1 Å². The second-order valence-electron chi connectivity index (χ2n) is 5.36. The molecule has 1 aromatic carbocycles. The minimum atomic E-state index is -0.777. The fourth-order valence-corrected chi connectivity index (χ4v) is 2.82. The largest absolute Gasteiger partial charge is 0.481 e. The first-order chi connectivity index (χ1) is 10.0. The second kappa shape index (κ2) is 7.31. The smallest absolute Gasteiger partial charge is 0.315 e. The number of benzene rings is 1. The van der Waals surface area contributed by atoms with Crippen molar-refractivity contribution in [1.29, 1.82) is 0 Å². The average molecular weight is 311 g/mol. The first kappa shape index (κ1) is 15.6. The molecule has 0 spiro atoms. The summed E-state index contributed by atoms with van der Waals surface area (Å²) >= 11 is 5.88. The van der Waals surface area contributed by atoms with Crippen LogP contribution in [0.1, 0.15) is 31.2 Å². The van der Waals surface area contributed by atoms with Gasteiger partial charge in [0, 0.05) is 17.6 Å². The summed E-state index contributed by atoms with van der Waals surface area (Å²) in [5.41, 5.74) is 0.921. The molecule has 0 aromatic heterocycles. The molecule has 1 fully saturated rings. The van der Waals surface area contributed by atoms with E-state index in [1.165, 1.54) is 0 Å². The number of aliphatic carboxylic acids is 1. The number of urea groups is 1. The lowest BCUT2D eigenvalue weighted by atomic mass is 9.86. The minimum absolute atomic E-state index is 0.0702. The molecule has 0 heterocycles. The van der Waals surface area contributed by atoms with Gasteiger partial charge in [-0.2, -0.15) is 0 Å². The average Bonchev–Trinajstić information content (AvgIpc) is 2.45. The first-order valence-electron chi connectivity index (χ1n) is 7.06. The number of hydrogen-bond donors (Lipinski definition) is 3. The van der Waals surface area contributed by atoms with Crippen LogP contribution >= 0.6 is 11.6 Å². The van der Waals surface area contributed by atoms with Crippen LogP contribution in [0.15, 0.2) is 24.3 Å². The van der Waals surface area contributed by atoms with E-state index in [4.69, 9.17) is 16.7 Å². The summed E-state index contributed by atoms with van der Waals surface area (Å²) < 4.78 is 0. The molecule has 6 heteroatoms. The van der Waals surface area contributed by atoms with Gasteiger partial charge in [0.2, 0.25) is 0 Å². The SMILES string of the molecule is O=C(NCc1cccc(Cl)c1)NC1CCCC(C(=O)O)C1. The Balaban J connectivity index is 1.78. The van der Waals surface area contributed by atoms with E-state index in [0.29, 0.717) is 24.4 Å². The molecular weight excluding hydrogens is 292 g/mol. The Hall–Kier alpha value is -1.75. The predicted octanol–water partition coefficient (Wildman–Crippen LogP) is 2.78. The standard InChI is InChI=1S/C15H19ClN2O3/c16-12-5-1-3-10(7-12)9-17-15(21)18-13-6-2-4-11(8-13)14(19)20/h1,3,5,7,11,13H,2,4,6,8-9H2,(H,19,20)(H2,17,18,21). The van der Waals surface area contributed by atoms with Crippen LogP contribution in [0.2, 0.25) is 5.02 Å². The maximum absolute atomic E-state index is 11.8. The maximum Gasteiger partial charge on any atom is 0.315 e. The van der Waals surface area contributed by atoms with Crippen molar-refractivity contribution in [3.63, 3.8) is 0 Å². The summed E-state index contributed by atoms with van der Waals surface area (Å²) in [4.78, 5) is 22.8. The Kier molecular flexibility index (Phi) is 5.44. The Morgan fingerprint density at radius 3 is 2.86 bits per heavy atom. The number of carboxylic acid groups (broad SMARTS) is 1. The number of carbonyl (C=O) groups excluding carboxylic acids is 1. The molecule has 2 atom stereocenters. The van der Waals surface area contributed by atoms with E-state index in [2.05, 4.69) is 10.6 Å². The van der Waals surface area contributed by atoms with Gasteiger partial charge in [0.15, 0.2) is 0 Å². The van der Waals surface area contributed by atoms with Crippen LogP contribution in [0.25, 0.3) is 0 Å². The number of halogens is 1. The normalized spacial score (nSPS) is 21.6. The van der Waals surface area contributed by atoms with Gasteiger partial charge in [0.25, 0.3) is 0 Å². The molecule has 2 amide bonds. The molecule has 2 rings (SSSR count). The highest BCUT2D eigenvalue weighted by molar-refractivity contribution is 6.30. The highest BCUT2D eigenvalue weighted by atomic mass is 35.5. The van der Waals surface area contributed by atoms with Crippen molar-refractivity contribution in [3.05, 3.63) is 34.9 Å². The predicted molar refractivity (Wildman–Crippen MR) is 80.2 cm³/mol. The van der Waals surface area contributed by atoms with Crippen LogP contribution in [0.3, 0.4) is 0 Å². The summed E-state index contributed by atoms with van der Waals surface area (Å²) in [6, 6.07) is 6.94. The molecule has 0 bridgehead atoms. The van der Waals surface area contributed by atoms with E-state index in [9.17, 15) is 9.59 Å². The third-order valence-electron chi connectivity index (χ3n) is 3.70. The Morgan fingerprint density at radius 1 is 1.33 bits per heavy atom. The van der Waals surface area contributed by atoms with Crippen LogP contribution in [0.5, 0.6) is 0 Å². The maximum atomic E-state index is 11.8. The van der Waals surface area contributed by atoms with E-state index >= 15 is 0 Å². The van der Waals surface area contributed by atoms with Gasteiger partial charge >= 0.3 is 12.0 Å². The molecule has 114 valence electrons. The molecule has 1 saturated carbocycles. The molecule has 0 saturated heterocycles. The molecule has 3 N–H and O–H groups in total. The molecule has 0 aliphatic heterocycles. The zero-order valence-corrected chi connectivity index (χ0v) is 12.4. The van der Waals surface area contributed by atoms with E-state index < -0.39 is 5.97 Å². The van der Waals surface area contributed by atoms with Crippen LogP contribution in [-0.2, 0) is 11.3 Å². The van der Waals surface area contributed by atoms with Gasteiger partial charge < -0.3 is 15.7 Å². The fourth-order valence-electron chi connectivity index (χ4n) is 2.61. The lowest BCUT2D eigenvalue weighted by Crippen LogP contribution is -2.44.